The molecule has 0 aliphatic heterocycles. The van der Waals surface area contributed by atoms with Crippen molar-refractivity contribution in [2.24, 2.45) is 5.73 Å². The summed E-state index contributed by atoms with van der Waals surface area (Å²) in [6, 6.07) is 7.54. The number of nitrogens with zero attached hydrogens (tertiary/aromatic N) is 1. The van der Waals surface area contributed by atoms with Crippen LogP contribution in [0.5, 0.6) is 0 Å². The Morgan fingerprint density at radius 3 is 2.63 bits per heavy atom. The van der Waals surface area contributed by atoms with Crippen molar-refractivity contribution >= 4 is 22.8 Å². The van der Waals surface area contributed by atoms with Gasteiger partial charge in [-0.1, -0.05) is 18.2 Å². The largest absolute Gasteiger partial charge is 0.452 e. The van der Waals surface area contributed by atoms with Crippen LogP contribution in [0.25, 0.3) is 10.9 Å². The van der Waals surface area contributed by atoms with E-state index in [1.807, 2.05) is 31.2 Å². The summed E-state index contributed by atoms with van der Waals surface area (Å²) in [4.78, 5) is 27.0. The van der Waals surface area contributed by atoms with Gasteiger partial charge in [-0.15, -0.1) is 0 Å². The number of benzene rings is 1. The smallest absolute Gasteiger partial charge is 0.340 e. The fourth-order valence-electron chi connectivity index (χ4n) is 2.04. The minimum atomic E-state index is -0.683. The third-order valence-corrected chi connectivity index (χ3v) is 2.88. The third kappa shape index (κ3) is 2.54. The van der Waals surface area contributed by atoms with Crippen LogP contribution in [-0.2, 0) is 9.53 Å². The number of pyridine rings is 1. The van der Waals surface area contributed by atoms with Crippen molar-refractivity contribution < 1.29 is 14.3 Å². The van der Waals surface area contributed by atoms with Crippen molar-refractivity contribution in [3.63, 3.8) is 0 Å². The second-order valence-corrected chi connectivity index (χ2v) is 4.26. The van der Waals surface area contributed by atoms with Gasteiger partial charge in [-0.3, -0.25) is 9.78 Å². The summed E-state index contributed by atoms with van der Waals surface area (Å²) in [5.41, 5.74) is 7.53. The van der Waals surface area contributed by atoms with Gasteiger partial charge < -0.3 is 10.5 Å². The lowest BCUT2D eigenvalue weighted by molar-refractivity contribution is -0.121. The van der Waals surface area contributed by atoms with E-state index in [4.69, 9.17) is 10.5 Å². The molecule has 0 spiro atoms. The van der Waals surface area contributed by atoms with E-state index in [1.54, 1.807) is 6.92 Å². The maximum atomic E-state index is 12.0. The van der Waals surface area contributed by atoms with Crippen LogP contribution in [0.2, 0.25) is 0 Å². The van der Waals surface area contributed by atoms with Crippen molar-refractivity contribution in [2.45, 2.75) is 13.8 Å². The Kier molecular flexibility index (Phi) is 3.46. The van der Waals surface area contributed by atoms with E-state index in [0.29, 0.717) is 11.3 Å². The molecule has 5 nitrogen and oxygen atoms in total. The number of nitrogens with two attached hydrogens (primary N) is 1. The molecular weight excluding hydrogens is 244 g/mol. The summed E-state index contributed by atoms with van der Waals surface area (Å²) in [5, 5.41) is 0.888. The monoisotopic (exact) mass is 258 g/mol. The number of ether oxygens (including phenoxy) is 1. The van der Waals surface area contributed by atoms with Gasteiger partial charge >= 0.3 is 5.97 Å². The predicted molar refractivity (Wildman–Crippen MR) is 70.7 cm³/mol. The van der Waals surface area contributed by atoms with Crippen molar-refractivity contribution in [1.82, 2.24) is 4.98 Å². The van der Waals surface area contributed by atoms with E-state index in [2.05, 4.69) is 4.98 Å². The van der Waals surface area contributed by atoms with Gasteiger partial charge in [0.05, 0.1) is 16.8 Å². The quantitative estimate of drug-likeness (QED) is 0.845. The van der Waals surface area contributed by atoms with E-state index in [1.165, 1.54) is 0 Å². The van der Waals surface area contributed by atoms with Crippen molar-refractivity contribution in [2.75, 3.05) is 6.61 Å². The first-order valence-electron chi connectivity index (χ1n) is 5.82. The molecule has 2 rings (SSSR count). The summed E-state index contributed by atoms with van der Waals surface area (Å²) in [6.07, 6.45) is 0. The van der Waals surface area contributed by atoms with E-state index in [0.717, 1.165) is 16.5 Å². The molecule has 2 N–H and O–H groups in total. The zero-order valence-electron chi connectivity index (χ0n) is 10.8. The van der Waals surface area contributed by atoms with Crippen molar-refractivity contribution in [3.05, 3.63) is 41.1 Å². The number of rotatable bonds is 3. The number of hydrogen-bond acceptors (Lipinski definition) is 4. The lowest BCUT2D eigenvalue weighted by atomic mass is 10.0. The molecule has 0 unspecified atom stereocenters. The Hall–Kier alpha value is -2.43. The number of hydrogen-bond donors (Lipinski definition) is 1. The molecule has 0 atom stereocenters. The molecule has 0 aliphatic rings. The van der Waals surface area contributed by atoms with Crippen LogP contribution >= 0.6 is 0 Å². The highest BCUT2D eigenvalue weighted by atomic mass is 16.5. The lowest BCUT2D eigenvalue weighted by Crippen LogP contribution is -2.22. The number of primary amides is 1. The lowest BCUT2D eigenvalue weighted by Gasteiger charge is -2.11. The summed E-state index contributed by atoms with van der Waals surface area (Å²) in [6.45, 7) is 3.14. The van der Waals surface area contributed by atoms with E-state index < -0.39 is 18.5 Å². The molecule has 1 aromatic carbocycles. The number of carbonyl (C=O) groups excluding carboxylic acids is 2. The normalized spacial score (nSPS) is 10.4. The molecule has 1 heterocycles. The van der Waals surface area contributed by atoms with Crippen LogP contribution in [0, 0.1) is 13.8 Å². The molecule has 0 radical (unpaired) electrons. The van der Waals surface area contributed by atoms with Crippen LogP contribution in [0.15, 0.2) is 24.3 Å². The molecule has 5 heteroatoms. The van der Waals surface area contributed by atoms with Gasteiger partial charge in [-0.2, -0.15) is 0 Å². The van der Waals surface area contributed by atoms with E-state index in [-0.39, 0.29) is 0 Å². The predicted octanol–water partition coefficient (Wildman–Crippen LogP) is 1.49. The fraction of sp³-hybridized carbons (Fsp3) is 0.214. The second kappa shape index (κ2) is 5.06. The number of carbonyl (C=O) groups is 2. The maximum absolute atomic E-state index is 12.0. The van der Waals surface area contributed by atoms with Gasteiger partial charge in [0.25, 0.3) is 5.91 Å². The van der Waals surface area contributed by atoms with Crippen LogP contribution in [0.4, 0.5) is 0 Å². The molecule has 1 amide bonds. The van der Waals surface area contributed by atoms with Gasteiger partial charge in [0.1, 0.15) is 0 Å². The van der Waals surface area contributed by atoms with Gasteiger partial charge in [0, 0.05) is 5.39 Å². The minimum absolute atomic E-state index is 0.389. The van der Waals surface area contributed by atoms with Gasteiger partial charge in [-0.25, -0.2) is 4.79 Å². The Bertz CT molecular complexity index is 665. The molecule has 1 aromatic heterocycles. The first-order chi connectivity index (χ1) is 9.00. The number of fused-ring (bicyclic) bond motifs is 1. The first-order valence-corrected chi connectivity index (χ1v) is 5.82. The molecule has 2 aromatic rings. The molecule has 0 bridgehead atoms. The molecule has 19 heavy (non-hydrogen) atoms. The maximum Gasteiger partial charge on any atom is 0.340 e. The Morgan fingerprint density at radius 1 is 1.26 bits per heavy atom. The zero-order chi connectivity index (χ0) is 14.0. The Morgan fingerprint density at radius 2 is 1.95 bits per heavy atom. The molecule has 0 aliphatic carbocycles. The number of esters is 1. The summed E-state index contributed by atoms with van der Waals surface area (Å²) >= 11 is 0. The first kappa shape index (κ1) is 13.0. The van der Waals surface area contributed by atoms with Crippen LogP contribution in [0.1, 0.15) is 21.6 Å². The number of para-hydroxylation sites is 1. The van der Waals surface area contributed by atoms with Gasteiger partial charge in [-0.05, 0) is 25.5 Å². The SMILES string of the molecule is Cc1nc2ccccc2c(C)c1C(=O)OCC(N)=O. The Labute approximate surface area is 110 Å². The number of aromatic nitrogens is 1. The summed E-state index contributed by atoms with van der Waals surface area (Å²) < 4.78 is 4.85. The average molecular weight is 258 g/mol. The zero-order valence-corrected chi connectivity index (χ0v) is 10.8. The molecule has 98 valence electrons. The van der Waals surface area contributed by atoms with Crippen LogP contribution in [-0.4, -0.2) is 23.5 Å². The highest BCUT2D eigenvalue weighted by Gasteiger charge is 2.18. The Balaban J connectivity index is 2.48. The van der Waals surface area contributed by atoms with Gasteiger partial charge in [0.2, 0.25) is 0 Å². The van der Waals surface area contributed by atoms with Crippen molar-refractivity contribution in [1.29, 1.82) is 0 Å². The highest BCUT2D eigenvalue weighted by molar-refractivity contribution is 5.98. The molecular formula is C14H14N2O3. The minimum Gasteiger partial charge on any atom is -0.452 e. The van der Waals surface area contributed by atoms with Gasteiger partial charge in [0.15, 0.2) is 6.61 Å². The number of aryl methyl sites for hydroxylation is 2. The fourth-order valence-corrected chi connectivity index (χ4v) is 2.04. The third-order valence-electron chi connectivity index (χ3n) is 2.88. The summed E-state index contributed by atoms with van der Waals surface area (Å²) in [7, 11) is 0. The van der Waals surface area contributed by atoms with E-state index in [9.17, 15) is 9.59 Å². The highest BCUT2D eigenvalue weighted by Crippen LogP contribution is 2.23. The average Bonchev–Trinajstić information content (AvgIpc) is 2.36. The van der Waals surface area contributed by atoms with E-state index >= 15 is 0 Å². The second-order valence-electron chi connectivity index (χ2n) is 4.26. The molecule has 0 saturated heterocycles. The number of amides is 1. The standard InChI is InChI=1S/C14H14N2O3/c1-8-10-5-3-4-6-11(10)16-9(2)13(8)14(18)19-7-12(15)17/h3-6H,7H2,1-2H3,(H2,15,17). The summed E-state index contributed by atoms with van der Waals surface area (Å²) in [5.74, 6) is -1.26. The van der Waals surface area contributed by atoms with Crippen LogP contribution < -0.4 is 5.73 Å². The molecule has 0 fully saturated rings. The van der Waals surface area contributed by atoms with Crippen LogP contribution in [0.3, 0.4) is 0 Å². The molecule has 0 saturated carbocycles. The van der Waals surface area contributed by atoms with Crippen molar-refractivity contribution in [3.8, 4) is 0 Å². The topological polar surface area (TPSA) is 82.3 Å².